The van der Waals surface area contributed by atoms with E-state index >= 15 is 0 Å². The summed E-state index contributed by atoms with van der Waals surface area (Å²) in [5.74, 6) is -1.97. The zero-order valence-electron chi connectivity index (χ0n) is 9.75. The zero-order valence-corrected chi connectivity index (χ0v) is 9.75. The molecule has 3 nitrogen and oxygen atoms in total. The molecule has 1 aliphatic heterocycles. The summed E-state index contributed by atoms with van der Waals surface area (Å²) in [5.41, 5.74) is 7.12. The molecule has 1 saturated heterocycles. The van der Waals surface area contributed by atoms with Gasteiger partial charge in [-0.3, -0.25) is 0 Å². The van der Waals surface area contributed by atoms with Crippen molar-refractivity contribution in [3.8, 4) is 5.75 Å². The number of piperidine rings is 1. The molecule has 17 heavy (non-hydrogen) atoms. The maximum atomic E-state index is 13.1. The van der Waals surface area contributed by atoms with Crippen LogP contribution in [-0.2, 0) is 0 Å². The van der Waals surface area contributed by atoms with Crippen molar-refractivity contribution in [3.05, 3.63) is 18.2 Å². The summed E-state index contributed by atoms with van der Waals surface area (Å²) < 4.78 is 31.4. The molecule has 0 radical (unpaired) electrons. The zero-order chi connectivity index (χ0) is 12.5. The first-order valence-electron chi connectivity index (χ1n) is 5.59. The summed E-state index contributed by atoms with van der Waals surface area (Å²) in [5, 5.41) is 0. The normalized spacial score (nSPS) is 19.1. The second-order valence-corrected chi connectivity index (χ2v) is 4.24. The van der Waals surface area contributed by atoms with Crippen LogP contribution >= 0.6 is 0 Å². The van der Waals surface area contributed by atoms with Gasteiger partial charge < -0.3 is 15.4 Å². The first-order chi connectivity index (χ1) is 8.03. The molecule has 0 unspecified atom stereocenters. The molecule has 1 aliphatic rings. The number of ether oxygens (including phenoxy) is 1. The van der Waals surface area contributed by atoms with E-state index in [1.54, 1.807) is 12.1 Å². The highest BCUT2D eigenvalue weighted by molar-refractivity contribution is 5.70. The molecule has 0 aliphatic carbocycles. The summed E-state index contributed by atoms with van der Waals surface area (Å²) in [7, 11) is 1.54. The number of nitrogens with two attached hydrogens (primary N) is 1. The van der Waals surface area contributed by atoms with E-state index in [1.165, 1.54) is 7.11 Å². The lowest BCUT2D eigenvalue weighted by Crippen LogP contribution is -2.39. The average Bonchev–Trinajstić information content (AvgIpc) is 2.29. The molecule has 94 valence electrons. The van der Waals surface area contributed by atoms with Crippen LogP contribution in [0, 0.1) is 0 Å². The molecule has 1 aromatic rings. The number of nitrogen functional groups attached to an aromatic ring is 1. The Hall–Kier alpha value is -1.52. The van der Waals surface area contributed by atoms with Gasteiger partial charge in [0.2, 0.25) is 0 Å². The van der Waals surface area contributed by atoms with Crippen molar-refractivity contribution in [2.24, 2.45) is 0 Å². The van der Waals surface area contributed by atoms with E-state index in [-0.39, 0.29) is 12.8 Å². The van der Waals surface area contributed by atoms with Crippen LogP contribution in [-0.4, -0.2) is 26.1 Å². The number of rotatable bonds is 2. The van der Waals surface area contributed by atoms with E-state index in [0.29, 0.717) is 24.5 Å². The fraction of sp³-hybridized carbons (Fsp3) is 0.500. The Labute approximate surface area is 99.2 Å². The average molecular weight is 242 g/mol. The highest BCUT2D eigenvalue weighted by Gasteiger charge is 2.34. The molecular weight excluding hydrogens is 226 g/mol. The molecule has 2 rings (SSSR count). The Kier molecular flexibility index (Phi) is 3.09. The standard InChI is InChI=1S/C12H16F2N2O/c1-17-11-9(15)3-2-4-10(11)16-7-5-12(13,14)6-8-16/h2-4H,5-8,15H2,1H3. The Morgan fingerprint density at radius 3 is 2.53 bits per heavy atom. The Morgan fingerprint density at radius 2 is 1.94 bits per heavy atom. The highest BCUT2D eigenvalue weighted by atomic mass is 19.3. The molecule has 0 atom stereocenters. The van der Waals surface area contributed by atoms with Crippen LogP contribution in [0.1, 0.15) is 12.8 Å². The number of anilines is 2. The number of alkyl halides is 2. The first kappa shape index (κ1) is 12.0. The SMILES string of the molecule is COc1c(N)cccc1N1CCC(F)(F)CC1. The number of nitrogens with zero attached hydrogens (tertiary/aromatic N) is 1. The van der Waals surface area contributed by atoms with Gasteiger partial charge in [0.25, 0.3) is 5.92 Å². The third-order valence-electron chi connectivity index (χ3n) is 3.06. The molecular formula is C12H16F2N2O. The minimum absolute atomic E-state index is 0.120. The van der Waals surface area contributed by atoms with E-state index in [0.717, 1.165) is 5.69 Å². The number of hydrogen-bond donors (Lipinski definition) is 1. The van der Waals surface area contributed by atoms with E-state index in [4.69, 9.17) is 10.5 Å². The number of hydrogen-bond acceptors (Lipinski definition) is 3. The Balaban J connectivity index is 2.21. The lowest BCUT2D eigenvalue weighted by atomic mass is 10.1. The van der Waals surface area contributed by atoms with Crippen LogP contribution in [0.25, 0.3) is 0 Å². The van der Waals surface area contributed by atoms with Crippen molar-refractivity contribution in [1.29, 1.82) is 0 Å². The molecule has 0 bridgehead atoms. The largest absolute Gasteiger partial charge is 0.492 e. The van der Waals surface area contributed by atoms with E-state index < -0.39 is 5.92 Å². The van der Waals surface area contributed by atoms with Crippen molar-refractivity contribution < 1.29 is 13.5 Å². The molecule has 1 fully saturated rings. The third kappa shape index (κ3) is 2.43. The lowest BCUT2D eigenvalue weighted by molar-refractivity contribution is -0.0221. The fourth-order valence-corrected chi connectivity index (χ4v) is 2.09. The minimum Gasteiger partial charge on any atom is -0.492 e. The predicted octanol–water partition coefficient (Wildman–Crippen LogP) is 2.51. The maximum Gasteiger partial charge on any atom is 0.251 e. The summed E-state index contributed by atoms with van der Waals surface area (Å²) in [6.45, 7) is 0.652. The van der Waals surface area contributed by atoms with Crippen molar-refractivity contribution >= 4 is 11.4 Å². The summed E-state index contributed by atoms with van der Waals surface area (Å²) in [4.78, 5) is 1.90. The molecule has 5 heteroatoms. The van der Waals surface area contributed by atoms with Gasteiger partial charge in [-0.05, 0) is 12.1 Å². The monoisotopic (exact) mass is 242 g/mol. The van der Waals surface area contributed by atoms with Crippen molar-refractivity contribution in [1.82, 2.24) is 0 Å². The van der Waals surface area contributed by atoms with Crippen LogP contribution in [0.3, 0.4) is 0 Å². The molecule has 0 aromatic heterocycles. The smallest absolute Gasteiger partial charge is 0.251 e. The molecule has 1 heterocycles. The second-order valence-electron chi connectivity index (χ2n) is 4.24. The van der Waals surface area contributed by atoms with Gasteiger partial charge >= 0.3 is 0 Å². The lowest BCUT2D eigenvalue weighted by Gasteiger charge is -2.34. The van der Waals surface area contributed by atoms with Gasteiger partial charge in [0, 0.05) is 25.9 Å². The Morgan fingerprint density at radius 1 is 1.29 bits per heavy atom. The van der Waals surface area contributed by atoms with Gasteiger partial charge in [-0.15, -0.1) is 0 Å². The molecule has 1 aromatic carbocycles. The van der Waals surface area contributed by atoms with Crippen LogP contribution < -0.4 is 15.4 Å². The number of benzene rings is 1. The summed E-state index contributed by atoms with van der Waals surface area (Å²) in [6, 6.07) is 5.39. The van der Waals surface area contributed by atoms with Gasteiger partial charge in [-0.25, -0.2) is 8.78 Å². The van der Waals surface area contributed by atoms with Crippen LogP contribution in [0.4, 0.5) is 20.2 Å². The van der Waals surface area contributed by atoms with Gasteiger partial charge in [0.1, 0.15) is 0 Å². The van der Waals surface area contributed by atoms with Crippen molar-refractivity contribution in [2.75, 3.05) is 30.8 Å². The van der Waals surface area contributed by atoms with Crippen LogP contribution in [0.2, 0.25) is 0 Å². The highest BCUT2D eigenvalue weighted by Crippen LogP contribution is 2.37. The van der Waals surface area contributed by atoms with E-state index in [1.807, 2.05) is 11.0 Å². The van der Waals surface area contributed by atoms with Crippen LogP contribution in [0.5, 0.6) is 5.75 Å². The molecule has 2 N–H and O–H groups in total. The quantitative estimate of drug-likeness (QED) is 0.810. The van der Waals surface area contributed by atoms with Gasteiger partial charge in [0.15, 0.2) is 5.75 Å². The molecule has 0 saturated carbocycles. The third-order valence-corrected chi connectivity index (χ3v) is 3.06. The number of halogens is 2. The predicted molar refractivity (Wildman–Crippen MR) is 63.8 cm³/mol. The van der Waals surface area contributed by atoms with Gasteiger partial charge in [-0.1, -0.05) is 6.07 Å². The summed E-state index contributed by atoms with van der Waals surface area (Å²) >= 11 is 0. The van der Waals surface area contributed by atoms with E-state index in [2.05, 4.69) is 0 Å². The van der Waals surface area contributed by atoms with Gasteiger partial charge in [-0.2, -0.15) is 0 Å². The number of para-hydroxylation sites is 1. The minimum atomic E-state index is -2.54. The van der Waals surface area contributed by atoms with Crippen molar-refractivity contribution in [3.63, 3.8) is 0 Å². The summed E-state index contributed by atoms with van der Waals surface area (Å²) in [6.07, 6.45) is -0.240. The molecule has 0 spiro atoms. The molecule has 0 amide bonds. The number of methoxy groups -OCH3 is 1. The van der Waals surface area contributed by atoms with E-state index in [9.17, 15) is 8.78 Å². The maximum absolute atomic E-state index is 13.1. The van der Waals surface area contributed by atoms with Crippen molar-refractivity contribution in [2.45, 2.75) is 18.8 Å². The fourth-order valence-electron chi connectivity index (χ4n) is 2.09. The van der Waals surface area contributed by atoms with Crippen LogP contribution in [0.15, 0.2) is 18.2 Å². The first-order valence-corrected chi connectivity index (χ1v) is 5.59. The Bertz CT molecular complexity index is 399. The second kappa shape index (κ2) is 4.39. The van der Waals surface area contributed by atoms with Gasteiger partial charge in [0.05, 0.1) is 18.5 Å². The topological polar surface area (TPSA) is 38.5 Å².